The van der Waals surface area contributed by atoms with Crippen molar-refractivity contribution in [3.8, 4) is 0 Å². The Kier molecular flexibility index (Phi) is 5.61. The first-order valence-electron chi connectivity index (χ1n) is 11.2. The summed E-state index contributed by atoms with van der Waals surface area (Å²) in [5, 5.41) is 0. The summed E-state index contributed by atoms with van der Waals surface area (Å²) in [6.07, 6.45) is 11.1. The van der Waals surface area contributed by atoms with Gasteiger partial charge in [-0.15, -0.1) is 0 Å². The van der Waals surface area contributed by atoms with Gasteiger partial charge in [-0.25, -0.2) is 15.0 Å². The second-order valence-corrected chi connectivity index (χ2v) is 8.81. The summed E-state index contributed by atoms with van der Waals surface area (Å²) in [4.78, 5) is 21.0. The van der Waals surface area contributed by atoms with Crippen LogP contribution in [0, 0.1) is 0 Å². The fourth-order valence-corrected chi connectivity index (χ4v) is 5.32. The summed E-state index contributed by atoms with van der Waals surface area (Å²) < 4.78 is 6.33. The molecule has 0 aromatic carbocycles. The molecule has 7 nitrogen and oxygen atoms in total. The van der Waals surface area contributed by atoms with E-state index in [9.17, 15) is 0 Å². The first-order chi connectivity index (χ1) is 14.3. The maximum Gasteiger partial charge on any atom is 0.180 e. The average molecular weight is 397 g/mol. The normalized spacial score (nSPS) is 27.7. The van der Waals surface area contributed by atoms with Crippen LogP contribution in [0.5, 0.6) is 0 Å². The number of fused-ring (bicyclic) bond motifs is 1. The summed E-state index contributed by atoms with van der Waals surface area (Å²) in [6, 6.07) is 2.87. The second kappa shape index (κ2) is 8.50. The Morgan fingerprint density at radius 3 is 2.55 bits per heavy atom. The lowest BCUT2D eigenvalue weighted by molar-refractivity contribution is -0.0371. The van der Waals surface area contributed by atoms with E-state index in [0.29, 0.717) is 5.65 Å². The van der Waals surface area contributed by atoms with Crippen LogP contribution in [0.15, 0.2) is 24.7 Å². The van der Waals surface area contributed by atoms with Gasteiger partial charge < -0.3 is 19.4 Å². The fraction of sp³-hybridized carbons (Fsp3) is 0.682. The number of hydrogen-bond acceptors (Lipinski definition) is 7. The van der Waals surface area contributed by atoms with Crippen LogP contribution in [0.25, 0.3) is 11.2 Å². The highest BCUT2D eigenvalue weighted by Crippen LogP contribution is 2.27. The predicted octanol–water partition coefficient (Wildman–Crippen LogP) is 2.18. The number of likely N-dealkylation sites (tertiary alicyclic amines) is 2. The van der Waals surface area contributed by atoms with E-state index in [-0.39, 0.29) is 12.2 Å². The molecule has 3 saturated heterocycles. The van der Waals surface area contributed by atoms with E-state index >= 15 is 0 Å². The van der Waals surface area contributed by atoms with E-state index < -0.39 is 0 Å². The van der Waals surface area contributed by atoms with Gasteiger partial charge in [0.2, 0.25) is 0 Å². The number of aromatic nitrogens is 3. The number of morpholine rings is 1. The number of hydrogen-bond donors (Lipinski definition) is 0. The molecule has 0 saturated carbocycles. The average Bonchev–Trinajstić information content (AvgIpc) is 3.28. The van der Waals surface area contributed by atoms with Crippen molar-refractivity contribution in [2.75, 3.05) is 50.7 Å². The van der Waals surface area contributed by atoms with Crippen molar-refractivity contribution in [3.63, 3.8) is 0 Å². The number of ether oxygens (including phenoxy) is 1. The lowest BCUT2D eigenvalue weighted by Crippen LogP contribution is -2.53. The van der Waals surface area contributed by atoms with E-state index in [4.69, 9.17) is 4.74 Å². The zero-order valence-electron chi connectivity index (χ0n) is 17.4. The molecule has 3 aliphatic heterocycles. The minimum absolute atomic E-state index is 0.204. The third-order valence-electron chi connectivity index (χ3n) is 6.69. The molecule has 156 valence electrons. The molecule has 0 amide bonds. The quantitative estimate of drug-likeness (QED) is 0.785. The molecule has 0 bridgehead atoms. The number of anilines is 1. The Balaban J connectivity index is 1.22. The minimum Gasteiger partial charge on any atom is -0.370 e. The van der Waals surface area contributed by atoms with Crippen molar-refractivity contribution < 1.29 is 4.74 Å². The summed E-state index contributed by atoms with van der Waals surface area (Å²) in [7, 11) is 0. The van der Waals surface area contributed by atoms with Crippen molar-refractivity contribution in [2.24, 2.45) is 0 Å². The molecule has 0 spiro atoms. The standard InChI is InChI=1S/C22H32N6O/c1-17-14-28(20-4-7-24-22-21(20)23-8-9-25-22)16-19(29-17)15-26-12-5-18(6-13-26)27-10-2-3-11-27/h4,7-9,17-19H,2-3,5-6,10-16H2,1H3/t17-,19+/m1/s1. The zero-order chi connectivity index (χ0) is 19.6. The van der Waals surface area contributed by atoms with Gasteiger partial charge in [0.1, 0.15) is 5.52 Å². The van der Waals surface area contributed by atoms with E-state index in [1.807, 2.05) is 6.20 Å². The first-order valence-corrected chi connectivity index (χ1v) is 11.2. The van der Waals surface area contributed by atoms with Crippen LogP contribution in [-0.2, 0) is 4.74 Å². The van der Waals surface area contributed by atoms with Gasteiger partial charge in [-0.1, -0.05) is 0 Å². The van der Waals surface area contributed by atoms with Crippen molar-refractivity contribution >= 4 is 16.9 Å². The lowest BCUT2D eigenvalue weighted by Gasteiger charge is -2.42. The highest BCUT2D eigenvalue weighted by Gasteiger charge is 2.31. The van der Waals surface area contributed by atoms with Gasteiger partial charge in [-0.2, -0.15) is 0 Å². The molecule has 3 fully saturated rings. The van der Waals surface area contributed by atoms with Gasteiger partial charge in [0, 0.05) is 44.3 Å². The second-order valence-electron chi connectivity index (χ2n) is 8.81. The summed E-state index contributed by atoms with van der Waals surface area (Å²) >= 11 is 0. The number of rotatable bonds is 4. The molecular formula is C22H32N6O. The minimum atomic E-state index is 0.204. The highest BCUT2D eigenvalue weighted by molar-refractivity contribution is 5.85. The Morgan fingerprint density at radius 2 is 1.72 bits per heavy atom. The van der Waals surface area contributed by atoms with Gasteiger partial charge >= 0.3 is 0 Å². The SMILES string of the molecule is C[C@@H]1CN(c2ccnc3nccnc23)C[C@H](CN2CCC(N3CCCC3)CC2)O1. The van der Waals surface area contributed by atoms with Crippen molar-refractivity contribution in [1.29, 1.82) is 0 Å². The maximum atomic E-state index is 6.33. The number of nitrogens with zero attached hydrogens (tertiary/aromatic N) is 6. The Bertz CT molecular complexity index is 813. The molecule has 5 rings (SSSR count). The predicted molar refractivity (Wildman–Crippen MR) is 114 cm³/mol. The molecule has 2 atom stereocenters. The van der Waals surface area contributed by atoms with Gasteiger partial charge in [-0.05, 0) is 64.9 Å². The van der Waals surface area contributed by atoms with Crippen LogP contribution >= 0.6 is 0 Å². The molecule has 5 heterocycles. The van der Waals surface area contributed by atoms with Crippen LogP contribution in [-0.4, -0.2) is 88.8 Å². The highest BCUT2D eigenvalue weighted by atomic mass is 16.5. The van der Waals surface area contributed by atoms with E-state index in [0.717, 1.165) is 36.9 Å². The number of piperidine rings is 1. The Morgan fingerprint density at radius 1 is 0.966 bits per heavy atom. The smallest absolute Gasteiger partial charge is 0.180 e. The molecule has 0 unspecified atom stereocenters. The van der Waals surface area contributed by atoms with E-state index in [2.05, 4.69) is 42.6 Å². The Labute approximate surface area is 173 Å². The molecule has 0 N–H and O–H groups in total. The van der Waals surface area contributed by atoms with Crippen molar-refractivity contribution in [2.45, 2.75) is 50.9 Å². The van der Waals surface area contributed by atoms with E-state index in [1.165, 1.54) is 51.9 Å². The molecule has 3 aliphatic rings. The van der Waals surface area contributed by atoms with Gasteiger partial charge in [0.15, 0.2) is 5.65 Å². The van der Waals surface area contributed by atoms with Crippen LogP contribution in [0.2, 0.25) is 0 Å². The van der Waals surface area contributed by atoms with Crippen LogP contribution < -0.4 is 4.90 Å². The summed E-state index contributed by atoms with van der Waals surface area (Å²) in [6.45, 7) is 9.97. The molecule has 2 aromatic rings. The van der Waals surface area contributed by atoms with Gasteiger partial charge in [0.05, 0.1) is 17.9 Å². The molecular weight excluding hydrogens is 364 g/mol. The zero-order valence-corrected chi connectivity index (χ0v) is 17.4. The van der Waals surface area contributed by atoms with Crippen molar-refractivity contribution in [3.05, 3.63) is 24.7 Å². The van der Waals surface area contributed by atoms with Gasteiger partial charge in [-0.3, -0.25) is 0 Å². The molecule has 7 heteroatoms. The maximum absolute atomic E-state index is 6.33. The summed E-state index contributed by atoms with van der Waals surface area (Å²) in [5.41, 5.74) is 2.72. The molecule has 29 heavy (non-hydrogen) atoms. The van der Waals surface area contributed by atoms with E-state index in [1.54, 1.807) is 12.4 Å². The molecule has 0 radical (unpaired) electrons. The summed E-state index contributed by atoms with van der Waals surface area (Å²) in [5.74, 6) is 0. The Hall–Kier alpha value is -1.83. The van der Waals surface area contributed by atoms with Gasteiger partial charge in [0.25, 0.3) is 0 Å². The fourth-order valence-electron chi connectivity index (χ4n) is 5.32. The monoisotopic (exact) mass is 396 g/mol. The number of pyridine rings is 1. The van der Waals surface area contributed by atoms with Crippen LogP contribution in [0.4, 0.5) is 5.69 Å². The topological polar surface area (TPSA) is 57.6 Å². The largest absolute Gasteiger partial charge is 0.370 e. The van der Waals surface area contributed by atoms with Crippen LogP contribution in [0.1, 0.15) is 32.6 Å². The van der Waals surface area contributed by atoms with Crippen LogP contribution in [0.3, 0.4) is 0 Å². The van der Waals surface area contributed by atoms with Crippen molar-refractivity contribution in [1.82, 2.24) is 24.8 Å². The third-order valence-corrected chi connectivity index (χ3v) is 6.69. The third kappa shape index (κ3) is 4.22. The lowest BCUT2D eigenvalue weighted by atomic mass is 10.0. The molecule has 2 aromatic heterocycles. The first kappa shape index (κ1) is 19.2. The molecule has 0 aliphatic carbocycles.